The van der Waals surface area contributed by atoms with Crippen LogP contribution in [0.3, 0.4) is 0 Å². The molecule has 3 atom stereocenters. The monoisotopic (exact) mass is 477 g/mol. The highest BCUT2D eigenvalue weighted by Crippen LogP contribution is 2.38. The number of amides is 3. The number of aromatic nitrogens is 2. The van der Waals surface area contributed by atoms with Crippen molar-refractivity contribution < 1.29 is 14.4 Å². The molecule has 2 fully saturated rings. The average Bonchev–Trinajstić information content (AvgIpc) is 3.54. The molecule has 1 N–H and O–H groups in total. The second-order valence-electron chi connectivity index (χ2n) is 10.0. The smallest absolute Gasteiger partial charge is 0.272 e. The van der Waals surface area contributed by atoms with Gasteiger partial charge >= 0.3 is 0 Å². The van der Waals surface area contributed by atoms with Gasteiger partial charge in [-0.25, -0.2) is 0 Å². The van der Waals surface area contributed by atoms with Crippen molar-refractivity contribution >= 4 is 17.7 Å². The first-order valence-corrected chi connectivity index (χ1v) is 13.0. The van der Waals surface area contributed by atoms with Crippen LogP contribution in [-0.2, 0) is 29.1 Å². The Balaban J connectivity index is 1.39. The van der Waals surface area contributed by atoms with Crippen LogP contribution in [-0.4, -0.2) is 63.0 Å². The maximum atomic E-state index is 13.7. The van der Waals surface area contributed by atoms with Crippen LogP contribution in [0.15, 0.2) is 36.5 Å². The minimum Gasteiger partial charge on any atom is -0.356 e. The maximum absolute atomic E-state index is 13.7. The van der Waals surface area contributed by atoms with Gasteiger partial charge in [0.25, 0.3) is 5.91 Å². The fraction of sp³-hybridized carbons (Fsp3) is 0.556. The first kappa shape index (κ1) is 23.6. The fourth-order valence-corrected chi connectivity index (χ4v) is 6.04. The lowest BCUT2D eigenvalue weighted by Crippen LogP contribution is -2.48. The van der Waals surface area contributed by atoms with Crippen molar-refractivity contribution in [1.82, 2.24) is 24.9 Å². The second-order valence-corrected chi connectivity index (χ2v) is 10.0. The highest BCUT2D eigenvalue weighted by Gasteiger charge is 2.47. The predicted octanol–water partition coefficient (Wildman–Crippen LogP) is 2.63. The second kappa shape index (κ2) is 10.2. The molecule has 3 heterocycles. The molecule has 0 spiro atoms. The van der Waals surface area contributed by atoms with E-state index in [4.69, 9.17) is 0 Å². The SMILES string of the molecule is CCn1nccc1C(=O)N1CCCCCNC(=O)[C@H]2C[C@H](C(=O)N3CCc4ccccc4C3)C[C@H]21. The van der Waals surface area contributed by atoms with E-state index in [1.54, 1.807) is 16.9 Å². The van der Waals surface area contributed by atoms with Gasteiger partial charge in [-0.15, -0.1) is 0 Å². The van der Waals surface area contributed by atoms with Crippen LogP contribution in [0.25, 0.3) is 0 Å². The number of hydrogen-bond donors (Lipinski definition) is 1. The van der Waals surface area contributed by atoms with Crippen LogP contribution in [0.1, 0.15) is 60.6 Å². The Morgan fingerprint density at radius 3 is 2.71 bits per heavy atom. The van der Waals surface area contributed by atoms with Gasteiger partial charge in [-0.3, -0.25) is 19.1 Å². The molecule has 186 valence electrons. The highest BCUT2D eigenvalue weighted by molar-refractivity contribution is 5.94. The number of rotatable bonds is 3. The third-order valence-electron chi connectivity index (χ3n) is 7.93. The third-order valence-corrected chi connectivity index (χ3v) is 7.93. The van der Waals surface area contributed by atoms with Gasteiger partial charge in [-0.1, -0.05) is 24.3 Å². The molecule has 1 aromatic heterocycles. The molecule has 0 bridgehead atoms. The van der Waals surface area contributed by atoms with Crippen molar-refractivity contribution in [2.45, 2.75) is 64.6 Å². The summed E-state index contributed by atoms with van der Waals surface area (Å²) in [6, 6.07) is 9.76. The van der Waals surface area contributed by atoms with Crippen molar-refractivity contribution in [1.29, 1.82) is 0 Å². The Hall–Kier alpha value is -3.16. The van der Waals surface area contributed by atoms with Gasteiger partial charge in [-0.05, 0) is 62.6 Å². The summed E-state index contributed by atoms with van der Waals surface area (Å²) in [5.74, 6) is -0.638. The summed E-state index contributed by atoms with van der Waals surface area (Å²) in [4.78, 5) is 44.4. The largest absolute Gasteiger partial charge is 0.356 e. The molecule has 1 aromatic carbocycles. The van der Waals surface area contributed by atoms with E-state index in [-0.39, 0.29) is 35.6 Å². The van der Waals surface area contributed by atoms with E-state index < -0.39 is 0 Å². The molecule has 5 rings (SSSR count). The van der Waals surface area contributed by atoms with Gasteiger partial charge < -0.3 is 15.1 Å². The zero-order valence-electron chi connectivity index (χ0n) is 20.5. The lowest BCUT2D eigenvalue weighted by molar-refractivity contribution is -0.136. The summed E-state index contributed by atoms with van der Waals surface area (Å²) < 4.78 is 1.71. The number of hydrogen-bond acceptors (Lipinski definition) is 4. The van der Waals surface area contributed by atoms with E-state index in [2.05, 4.69) is 22.5 Å². The fourth-order valence-electron chi connectivity index (χ4n) is 6.04. The Morgan fingerprint density at radius 1 is 1.06 bits per heavy atom. The van der Waals surface area contributed by atoms with Crippen LogP contribution in [0.4, 0.5) is 0 Å². The van der Waals surface area contributed by atoms with Gasteiger partial charge in [0.05, 0.1) is 5.92 Å². The molecule has 3 aliphatic rings. The van der Waals surface area contributed by atoms with Crippen LogP contribution in [0.2, 0.25) is 0 Å². The zero-order valence-corrected chi connectivity index (χ0v) is 20.5. The molecule has 35 heavy (non-hydrogen) atoms. The van der Waals surface area contributed by atoms with Gasteiger partial charge in [0.1, 0.15) is 5.69 Å². The van der Waals surface area contributed by atoms with Crippen molar-refractivity contribution in [2.24, 2.45) is 11.8 Å². The van der Waals surface area contributed by atoms with E-state index in [1.807, 2.05) is 28.9 Å². The molecular weight excluding hydrogens is 442 g/mol. The Morgan fingerprint density at radius 2 is 1.89 bits per heavy atom. The molecule has 0 unspecified atom stereocenters. The minimum atomic E-state index is -0.374. The molecule has 1 aliphatic carbocycles. The number of carbonyl (C=O) groups is 3. The van der Waals surface area contributed by atoms with Gasteiger partial charge in [0, 0.05) is 50.9 Å². The Labute approximate surface area is 206 Å². The van der Waals surface area contributed by atoms with Crippen LogP contribution >= 0.6 is 0 Å². The van der Waals surface area contributed by atoms with E-state index in [1.165, 1.54) is 11.1 Å². The predicted molar refractivity (Wildman–Crippen MR) is 131 cm³/mol. The molecule has 1 saturated heterocycles. The number of nitrogens with one attached hydrogen (secondary N) is 1. The summed E-state index contributed by atoms with van der Waals surface area (Å²) in [7, 11) is 0. The van der Waals surface area contributed by atoms with E-state index in [9.17, 15) is 14.4 Å². The number of carbonyl (C=O) groups excluding carboxylic acids is 3. The molecule has 2 aliphatic heterocycles. The lowest BCUT2D eigenvalue weighted by atomic mass is 9.97. The first-order valence-electron chi connectivity index (χ1n) is 13.0. The first-order chi connectivity index (χ1) is 17.1. The van der Waals surface area contributed by atoms with E-state index in [0.717, 1.165) is 25.7 Å². The molecular formula is C27H35N5O3. The Bertz CT molecular complexity index is 1100. The van der Waals surface area contributed by atoms with Crippen molar-refractivity contribution in [3.8, 4) is 0 Å². The van der Waals surface area contributed by atoms with Crippen LogP contribution in [0, 0.1) is 11.8 Å². The standard InChI is InChI=1S/C27H35N5O3/c1-2-32-23(10-13-29-32)27(35)31-14-7-3-6-12-28-25(33)22-16-21(17-24(22)31)26(34)30-15-11-19-8-4-5-9-20(19)18-30/h4-5,8-10,13,21-22,24H,2-3,6-7,11-12,14-18H2,1H3,(H,28,33)/t21-,22-,24+/m0/s1. The molecule has 1 saturated carbocycles. The Kier molecular flexibility index (Phi) is 6.88. The van der Waals surface area contributed by atoms with Crippen LogP contribution < -0.4 is 5.32 Å². The van der Waals surface area contributed by atoms with Crippen molar-refractivity contribution in [3.63, 3.8) is 0 Å². The molecule has 2 aromatic rings. The molecule has 3 amide bonds. The third kappa shape index (κ3) is 4.70. The normalized spacial score (nSPS) is 24.9. The zero-order chi connectivity index (χ0) is 24.4. The summed E-state index contributed by atoms with van der Waals surface area (Å²) in [6.45, 7) is 5.13. The maximum Gasteiger partial charge on any atom is 0.272 e. The number of nitrogens with zero attached hydrogens (tertiary/aromatic N) is 4. The van der Waals surface area contributed by atoms with Gasteiger partial charge in [0.15, 0.2) is 0 Å². The van der Waals surface area contributed by atoms with Crippen molar-refractivity contribution in [2.75, 3.05) is 19.6 Å². The highest BCUT2D eigenvalue weighted by atomic mass is 16.2. The van der Waals surface area contributed by atoms with Gasteiger partial charge in [0.2, 0.25) is 11.8 Å². The van der Waals surface area contributed by atoms with Gasteiger partial charge in [-0.2, -0.15) is 5.10 Å². The summed E-state index contributed by atoms with van der Waals surface area (Å²) in [6.07, 6.45) is 6.25. The summed E-state index contributed by atoms with van der Waals surface area (Å²) >= 11 is 0. The minimum absolute atomic E-state index is 0.0296. The molecule has 8 nitrogen and oxygen atoms in total. The average molecular weight is 478 g/mol. The summed E-state index contributed by atoms with van der Waals surface area (Å²) in [5, 5.41) is 7.35. The topological polar surface area (TPSA) is 87.5 Å². The van der Waals surface area contributed by atoms with E-state index in [0.29, 0.717) is 51.3 Å². The number of benzene rings is 1. The number of fused-ring (bicyclic) bond motifs is 2. The number of aryl methyl sites for hydroxylation is 1. The van der Waals surface area contributed by atoms with Crippen molar-refractivity contribution in [3.05, 3.63) is 53.3 Å². The van der Waals surface area contributed by atoms with E-state index >= 15 is 0 Å². The van der Waals surface area contributed by atoms with Crippen LogP contribution in [0.5, 0.6) is 0 Å². The quantitative estimate of drug-likeness (QED) is 0.736. The molecule has 0 radical (unpaired) electrons. The molecule has 8 heteroatoms. The lowest BCUT2D eigenvalue weighted by Gasteiger charge is -2.34. The summed E-state index contributed by atoms with van der Waals surface area (Å²) in [5.41, 5.74) is 3.05.